The number of nitrogens with zero attached hydrogens (tertiary/aromatic N) is 2. The van der Waals surface area contributed by atoms with Crippen LogP contribution >= 0.6 is 0 Å². The molecule has 0 saturated carbocycles. The number of hydrogen-bond donors (Lipinski definition) is 0. The fourth-order valence-electron chi connectivity index (χ4n) is 3.27. The van der Waals surface area contributed by atoms with Crippen LogP contribution in [0.2, 0.25) is 0 Å². The van der Waals surface area contributed by atoms with Crippen LogP contribution in [0.3, 0.4) is 0 Å². The minimum Gasteiger partial charge on any atom is -0.373 e. The van der Waals surface area contributed by atoms with Crippen LogP contribution in [0.5, 0.6) is 0 Å². The lowest BCUT2D eigenvalue weighted by Crippen LogP contribution is -2.47. The van der Waals surface area contributed by atoms with Crippen molar-refractivity contribution < 1.29 is 9.53 Å². The highest BCUT2D eigenvalue weighted by atomic mass is 16.5. The van der Waals surface area contributed by atoms with Crippen molar-refractivity contribution in [3.8, 4) is 0 Å². The van der Waals surface area contributed by atoms with Gasteiger partial charge in [-0.3, -0.25) is 9.69 Å². The average molecular weight is 278 g/mol. The van der Waals surface area contributed by atoms with Crippen molar-refractivity contribution in [1.82, 2.24) is 9.47 Å². The highest BCUT2D eigenvalue weighted by Gasteiger charge is 2.25. The minimum absolute atomic E-state index is 0.203. The number of ketones is 1. The van der Waals surface area contributed by atoms with E-state index in [4.69, 9.17) is 4.74 Å². The predicted octanol–water partition coefficient (Wildman–Crippen LogP) is 2.42. The molecule has 2 atom stereocenters. The second-order valence-electron chi connectivity index (χ2n) is 5.90. The first kappa shape index (κ1) is 15.3. The Bertz CT molecular complexity index is 483. The number of morpholine rings is 1. The summed E-state index contributed by atoms with van der Waals surface area (Å²) in [6.45, 7) is 13.4. The quantitative estimate of drug-likeness (QED) is 0.793. The van der Waals surface area contributed by atoms with Gasteiger partial charge in [-0.05, 0) is 40.7 Å². The van der Waals surface area contributed by atoms with Crippen molar-refractivity contribution >= 4 is 5.78 Å². The molecule has 1 aliphatic rings. The lowest BCUT2D eigenvalue weighted by Gasteiger charge is -2.34. The Morgan fingerprint density at radius 3 is 2.40 bits per heavy atom. The fourth-order valence-corrected chi connectivity index (χ4v) is 3.27. The van der Waals surface area contributed by atoms with Gasteiger partial charge in [0.05, 0.1) is 18.8 Å². The maximum atomic E-state index is 12.5. The number of carbonyl (C=O) groups is 1. The van der Waals surface area contributed by atoms with Gasteiger partial charge in [-0.2, -0.15) is 0 Å². The normalized spacial score (nSPS) is 24.1. The van der Waals surface area contributed by atoms with E-state index in [9.17, 15) is 4.79 Å². The zero-order valence-electron chi connectivity index (χ0n) is 13.3. The lowest BCUT2D eigenvalue weighted by atomic mass is 10.1. The molecule has 112 valence electrons. The van der Waals surface area contributed by atoms with Crippen LogP contribution in [0, 0.1) is 13.8 Å². The highest BCUT2D eigenvalue weighted by Crippen LogP contribution is 2.17. The molecule has 0 radical (unpaired) electrons. The molecule has 20 heavy (non-hydrogen) atoms. The third-order valence-electron chi connectivity index (χ3n) is 4.05. The standard InChI is InChI=1S/C16H26N2O2/c1-6-18-11(2)7-15(14(18)5)16(19)10-17-8-12(3)20-13(4)9-17/h7,12-13H,6,8-10H2,1-5H3. The van der Waals surface area contributed by atoms with Crippen LogP contribution in [0.1, 0.15) is 42.5 Å². The first-order chi connectivity index (χ1) is 9.42. The summed E-state index contributed by atoms with van der Waals surface area (Å²) in [6.07, 6.45) is 0.407. The van der Waals surface area contributed by atoms with Crippen molar-refractivity contribution in [2.24, 2.45) is 0 Å². The molecule has 0 spiro atoms. The third-order valence-corrected chi connectivity index (χ3v) is 4.05. The van der Waals surface area contributed by atoms with Gasteiger partial charge in [-0.15, -0.1) is 0 Å². The van der Waals surface area contributed by atoms with Crippen molar-refractivity contribution in [3.63, 3.8) is 0 Å². The van der Waals surface area contributed by atoms with Gasteiger partial charge in [-0.25, -0.2) is 0 Å². The molecule has 2 heterocycles. The lowest BCUT2D eigenvalue weighted by molar-refractivity contribution is -0.0652. The molecule has 0 aliphatic carbocycles. The van der Waals surface area contributed by atoms with Gasteiger partial charge in [0.1, 0.15) is 0 Å². The Balaban J connectivity index is 2.08. The summed E-state index contributed by atoms with van der Waals surface area (Å²) in [5.74, 6) is 0.221. The van der Waals surface area contributed by atoms with Gasteiger partial charge in [-0.1, -0.05) is 0 Å². The van der Waals surface area contributed by atoms with E-state index in [0.717, 1.165) is 36.6 Å². The second-order valence-corrected chi connectivity index (χ2v) is 5.90. The van der Waals surface area contributed by atoms with E-state index in [1.54, 1.807) is 0 Å². The SMILES string of the molecule is CCn1c(C)cc(C(=O)CN2CC(C)OC(C)C2)c1C. The molecule has 4 nitrogen and oxygen atoms in total. The zero-order valence-corrected chi connectivity index (χ0v) is 13.3. The van der Waals surface area contributed by atoms with Crippen LogP contribution in [0.25, 0.3) is 0 Å². The molecular weight excluding hydrogens is 252 g/mol. The third kappa shape index (κ3) is 3.13. The number of rotatable bonds is 4. The topological polar surface area (TPSA) is 34.5 Å². The summed E-state index contributed by atoms with van der Waals surface area (Å²) in [5, 5.41) is 0. The maximum absolute atomic E-state index is 12.5. The van der Waals surface area contributed by atoms with E-state index >= 15 is 0 Å². The fraction of sp³-hybridized carbons (Fsp3) is 0.688. The molecule has 0 N–H and O–H groups in total. The summed E-state index contributed by atoms with van der Waals surface area (Å²) < 4.78 is 7.90. The van der Waals surface area contributed by atoms with Gasteiger partial charge in [0, 0.05) is 36.6 Å². The summed E-state index contributed by atoms with van der Waals surface area (Å²) in [4.78, 5) is 14.7. The summed E-state index contributed by atoms with van der Waals surface area (Å²) >= 11 is 0. The molecule has 4 heteroatoms. The number of hydrogen-bond acceptors (Lipinski definition) is 3. The molecule has 0 bridgehead atoms. The summed E-state index contributed by atoms with van der Waals surface area (Å²) in [5.41, 5.74) is 3.12. The molecule has 1 aromatic rings. The molecule has 2 rings (SSSR count). The Labute approximate surface area is 121 Å². The largest absolute Gasteiger partial charge is 0.373 e. The molecule has 1 aliphatic heterocycles. The van der Waals surface area contributed by atoms with Crippen LogP contribution in [0.15, 0.2) is 6.07 Å². The van der Waals surface area contributed by atoms with Crippen molar-refractivity contribution in [1.29, 1.82) is 0 Å². The van der Waals surface area contributed by atoms with Crippen molar-refractivity contribution in [2.45, 2.75) is 53.4 Å². The first-order valence-corrected chi connectivity index (χ1v) is 7.50. The Hall–Kier alpha value is -1.13. The molecule has 2 unspecified atom stereocenters. The molecule has 1 fully saturated rings. The van der Waals surface area contributed by atoms with Crippen LogP contribution in [-0.4, -0.2) is 47.1 Å². The number of Topliss-reactive ketones (excluding diaryl/α,β-unsaturated/α-hetero) is 1. The van der Waals surface area contributed by atoms with Crippen LogP contribution in [0.4, 0.5) is 0 Å². The van der Waals surface area contributed by atoms with Crippen LogP contribution in [-0.2, 0) is 11.3 Å². The molecule has 1 saturated heterocycles. The van der Waals surface area contributed by atoms with E-state index in [1.165, 1.54) is 0 Å². The molecule has 0 aromatic carbocycles. The number of aryl methyl sites for hydroxylation is 1. The van der Waals surface area contributed by atoms with E-state index in [0.29, 0.717) is 6.54 Å². The van der Waals surface area contributed by atoms with Gasteiger partial charge in [0.15, 0.2) is 5.78 Å². The van der Waals surface area contributed by atoms with Crippen LogP contribution < -0.4 is 0 Å². The summed E-state index contributed by atoms with van der Waals surface area (Å²) in [7, 11) is 0. The minimum atomic E-state index is 0.203. The smallest absolute Gasteiger partial charge is 0.178 e. The molecule has 0 amide bonds. The van der Waals surface area contributed by atoms with E-state index < -0.39 is 0 Å². The monoisotopic (exact) mass is 278 g/mol. The van der Waals surface area contributed by atoms with Gasteiger partial charge in [0.2, 0.25) is 0 Å². The maximum Gasteiger partial charge on any atom is 0.178 e. The Morgan fingerprint density at radius 2 is 1.90 bits per heavy atom. The van der Waals surface area contributed by atoms with E-state index in [-0.39, 0.29) is 18.0 Å². The van der Waals surface area contributed by atoms with E-state index in [1.807, 2.05) is 13.0 Å². The average Bonchev–Trinajstić information content (AvgIpc) is 2.63. The van der Waals surface area contributed by atoms with E-state index in [2.05, 4.69) is 37.2 Å². The molecular formula is C16H26N2O2. The summed E-state index contributed by atoms with van der Waals surface area (Å²) in [6, 6.07) is 2.02. The second kappa shape index (κ2) is 6.10. The van der Waals surface area contributed by atoms with Gasteiger partial charge < -0.3 is 9.30 Å². The Morgan fingerprint density at radius 1 is 1.30 bits per heavy atom. The van der Waals surface area contributed by atoms with Crippen molar-refractivity contribution in [3.05, 3.63) is 23.0 Å². The highest BCUT2D eigenvalue weighted by molar-refractivity contribution is 5.99. The number of ether oxygens (including phenoxy) is 1. The first-order valence-electron chi connectivity index (χ1n) is 7.50. The predicted molar refractivity (Wildman–Crippen MR) is 80.4 cm³/mol. The van der Waals surface area contributed by atoms with Crippen molar-refractivity contribution in [2.75, 3.05) is 19.6 Å². The molecule has 1 aromatic heterocycles. The van der Waals surface area contributed by atoms with Gasteiger partial charge >= 0.3 is 0 Å². The number of carbonyl (C=O) groups excluding carboxylic acids is 1. The number of aromatic nitrogens is 1. The Kier molecular flexibility index (Phi) is 4.66. The van der Waals surface area contributed by atoms with Gasteiger partial charge in [0.25, 0.3) is 0 Å². The zero-order chi connectivity index (χ0) is 14.9.